The zero-order valence-corrected chi connectivity index (χ0v) is 15.3. The number of piperidine rings is 1. The second-order valence-electron chi connectivity index (χ2n) is 6.68. The van der Waals surface area contributed by atoms with Crippen LogP contribution in [0.5, 0.6) is 0 Å². The summed E-state index contributed by atoms with van der Waals surface area (Å²) in [6.07, 6.45) is 1.71. The molecule has 3 rings (SSSR count). The highest BCUT2D eigenvalue weighted by Gasteiger charge is 2.34. The second kappa shape index (κ2) is 7.79. The lowest BCUT2D eigenvalue weighted by Crippen LogP contribution is -2.45. The number of hydrogen-bond donors (Lipinski definition) is 2. The van der Waals surface area contributed by atoms with Crippen LogP contribution in [0.15, 0.2) is 59.1 Å². The van der Waals surface area contributed by atoms with E-state index < -0.39 is 5.60 Å². The Morgan fingerprint density at radius 3 is 2.25 bits per heavy atom. The van der Waals surface area contributed by atoms with Crippen LogP contribution in [0.3, 0.4) is 0 Å². The topological polar surface area (TPSA) is 43.7 Å². The molecule has 1 aliphatic heterocycles. The van der Waals surface area contributed by atoms with Gasteiger partial charge in [0, 0.05) is 24.1 Å². The van der Waals surface area contributed by atoms with E-state index in [0.717, 1.165) is 28.7 Å². The number of hydrogen-bond acceptors (Lipinski definition) is 3. The van der Waals surface area contributed by atoms with Gasteiger partial charge in [0.05, 0.1) is 11.7 Å². The largest absolute Gasteiger partial charge is 0.391 e. The van der Waals surface area contributed by atoms with E-state index >= 15 is 0 Å². The number of rotatable bonds is 5. The van der Waals surface area contributed by atoms with Crippen LogP contribution < -0.4 is 0 Å². The Morgan fingerprint density at radius 1 is 1.00 bits per heavy atom. The van der Waals surface area contributed by atoms with Crippen molar-refractivity contribution in [1.82, 2.24) is 4.90 Å². The maximum Gasteiger partial charge on any atom is 0.0920 e. The molecule has 0 bridgehead atoms. The van der Waals surface area contributed by atoms with Crippen LogP contribution in [0.1, 0.15) is 24.0 Å². The molecule has 0 aromatic heterocycles. The number of aliphatic hydroxyl groups excluding tert-OH is 1. The summed E-state index contributed by atoms with van der Waals surface area (Å²) in [5, 5.41) is 21.2. The summed E-state index contributed by atoms with van der Waals surface area (Å²) in [5.41, 5.74) is 1.39. The Morgan fingerprint density at radius 2 is 1.62 bits per heavy atom. The van der Waals surface area contributed by atoms with E-state index in [9.17, 15) is 10.2 Å². The molecule has 4 heteroatoms. The third kappa shape index (κ3) is 4.45. The van der Waals surface area contributed by atoms with E-state index in [1.807, 2.05) is 54.6 Å². The Balaban J connectivity index is 1.52. The summed E-state index contributed by atoms with van der Waals surface area (Å²) < 4.78 is 1.02. The van der Waals surface area contributed by atoms with Crippen molar-refractivity contribution in [3.8, 4) is 0 Å². The van der Waals surface area contributed by atoms with Gasteiger partial charge in [-0.15, -0.1) is 0 Å². The number of halogens is 1. The molecule has 24 heavy (non-hydrogen) atoms. The number of nitrogens with zero attached hydrogens (tertiary/aromatic N) is 1. The van der Waals surface area contributed by atoms with Crippen molar-refractivity contribution < 1.29 is 10.2 Å². The smallest absolute Gasteiger partial charge is 0.0920 e. The molecule has 1 heterocycles. The molecule has 128 valence electrons. The van der Waals surface area contributed by atoms with Gasteiger partial charge in [-0.2, -0.15) is 0 Å². The molecule has 2 aromatic rings. The Kier molecular flexibility index (Phi) is 5.72. The minimum Gasteiger partial charge on any atom is -0.391 e. The number of likely N-dealkylation sites (tertiary alicyclic amines) is 1. The molecule has 1 atom stereocenters. The van der Waals surface area contributed by atoms with Crippen LogP contribution in [-0.2, 0) is 12.0 Å². The normalized spacial score (nSPS) is 19.1. The molecule has 2 aromatic carbocycles. The fourth-order valence-corrected chi connectivity index (χ4v) is 3.67. The molecule has 0 saturated carbocycles. The van der Waals surface area contributed by atoms with Crippen molar-refractivity contribution in [1.29, 1.82) is 0 Å². The zero-order valence-electron chi connectivity index (χ0n) is 13.7. The van der Waals surface area contributed by atoms with Gasteiger partial charge in [0.15, 0.2) is 0 Å². The number of aliphatic hydroxyl groups is 2. The highest BCUT2D eigenvalue weighted by Crippen LogP contribution is 2.33. The van der Waals surface area contributed by atoms with Crippen molar-refractivity contribution >= 4 is 15.9 Å². The first kappa shape index (κ1) is 17.6. The first-order valence-corrected chi connectivity index (χ1v) is 9.27. The van der Waals surface area contributed by atoms with Crippen molar-refractivity contribution in [3.05, 3.63) is 70.2 Å². The van der Waals surface area contributed by atoms with E-state index in [1.54, 1.807) is 0 Å². The van der Waals surface area contributed by atoms with Gasteiger partial charge in [-0.05, 0) is 42.5 Å². The van der Waals surface area contributed by atoms with Crippen LogP contribution in [0, 0.1) is 0 Å². The molecule has 0 radical (unpaired) electrons. The summed E-state index contributed by atoms with van der Waals surface area (Å²) in [6.45, 7) is 2.27. The van der Waals surface area contributed by atoms with Gasteiger partial charge >= 0.3 is 0 Å². The molecular weight excluding hydrogens is 366 g/mol. The summed E-state index contributed by atoms with van der Waals surface area (Å²) in [4.78, 5) is 2.25. The van der Waals surface area contributed by atoms with E-state index in [1.165, 1.54) is 0 Å². The minimum atomic E-state index is -0.748. The molecule has 1 fully saturated rings. The third-order valence-corrected chi connectivity index (χ3v) is 5.38. The van der Waals surface area contributed by atoms with Crippen molar-refractivity contribution in [2.45, 2.75) is 31.0 Å². The summed E-state index contributed by atoms with van der Waals surface area (Å²) >= 11 is 3.43. The Labute approximate surface area is 152 Å². The first-order chi connectivity index (χ1) is 11.5. The number of benzene rings is 2. The highest BCUT2D eigenvalue weighted by atomic mass is 79.9. The Hall–Kier alpha value is -1.20. The van der Waals surface area contributed by atoms with E-state index in [4.69, 9.17) is 0 Å². The van der Waals surface area contributed by atoms with Crippen molar-refractivity contribution in [3.63, 3.8) is 0 Å². The monoisotopic (exact) mass is 389 g/mol. The van der Waals surface area contributed by atoms with Gasteiger partial charge < -0.3 is 15.1 Å². The van der Waals surface area contributed by atoms with Gasteiger partial charge in [-0.3, -0.25) is 0 Å². The summed E-state index contributed by atoms with van der Waals surface area (Å²) in [6, 6.07) is 18.0. The van der Waals surface area contributed by atoms with Gasteiger partial charge in [-0.25, -0.2) is 0 Å². The van der Waals surface area contributed by atoms with Crippen molar-refractivity contribution in [2.75, 3.05) is 19.6 Å². The fraction of sp³-hybridized carbons (Fsp3) is 0.400. The standard InChI is InChI=1S/C20H24BrNO2/c21-18-8-6-17(7-9-18)20(24)10-12-22(13-11-20)15-19(23)14-16-4-2-1-3-5-16/h1-9,19,23-24H,10-15H2. The van der Waals surface area contributed by atoms with Crippen LogP contribution in [0.4, 0.5) is 0 Å². The van der Waals surface area contributed by atoms with E-state index in [2.05, 4.69) is 20.8 Å². The second-order valence-corrected chi connectivity index (χ2v) is 7.60. The van der Waals surface area contributed by atoms with Gasteiger partial charge in [-0.1, -0.05) is 58.4 Å². The van der Waals surface area contributed by atoms with Crippen LogP contribution in [0.2, 0.25) is 0 Å². The lowest BCUT2D eigenvalue weighted by atomic mass is 9.84. The SMILES string of the molecule is OC(Cc1ccccc1)CN1CCC(O)(c2ccc(Br)cc2)CC1. The highest BCUT2D eigenvalue weighted by molar-refractivity contribution is 9.10. The van der Waals surface area contributed by atoms with Gasteiger partial charge in [0.1, 0.15) is 0 Å². The molecule has 2 N–H and O–H groups in total. The number of β-amino-alcohol motifs (C(OH)–C–C–N with tert-alkyl or cyclic N) is 1. The summed E-state index contributed by atoms with van der Waals surface area (Å²) in [5.74, 6) is 0. The molecule has 0 amide bonds. The molecule has 0 aliphatic carbocycles. The quantitative estimate of drug-likeness (QED) is 0.823. The molecule has 0 spiro atoms. The average Bonchev–Trinajstić information content (AvgIpc) is 2.58. The first-order valence-electron chi connectivity index (χ1n) is 8.48. The van der Waals surface area contributed by atoms with Gasteiger partial charge in [0.25, 0.3) is 0 Å². The van der Waals surface area contributed by atoms with Crippen LogP contribution in [0.25, 0.3) is 0 Å². The molecule has 3 nitrogen and oxygen atoms in total. The van der Waals surface area contributed by atoms with Crippen LogP contribution >= 0.6 is 15.9 Å². The third-order valence-electron chi connectivity index (χ3n) is 4.85. The van der Waals surface area contributed by atoms with Crippen molar-refractivity contribution in [2.24, 2.45) is 0 Å². The van der Waals surface area contributed by atoms with Crippen LogP contribution in [-0.4, -0.2) is 40.9 Å². The zero-order chi connectivity index (χ0) is 17.0. The lowest BCUT2D eigenvalue weighted by Gasteiger charge is -2.39. The fourth-order valence-electron chi connectivity index (χ4n) is 3.40. The molecular formula is C20H24BrNO2. The predicted octanol–water partition coefficient (Wildman–Crippen LogP) is 3.34. The maximum atomic E-state index is 10.9. The average molecular weight is 390 g/mol. The van der Waals surface area contributed by atoms with E-state index in [-0.39, 0.29) is 6.10 Å². The summed E-state index contributed by atoms with van der Waals surface area (Å²) in [7, 11) is 0. The lowest BCUT2D eigenvalue weighted by molar-refractivity contribution is -0.0341. The van der Waals surface area contributed by atoms with Gasteiger partial charge in [0.2, 0.25) is 0 Å². The molecule has 1 unspecified atom stereocenters. The Bertz CT molecular complexity index is 636. The molecule has 1 saturated heterocycles. The predicted molar refractivity (Wildman–Crippen MR) is 99.9 cm³/mol. The maximum absolute atomic E-state index is 10.9. The molecule has 1 aliphatic rings. The minimum absolute atomic E-state index is 0.369. The van der Waals surface area contributed by atoms with E-state index in [0.29, 0.717) is 25.8 Å².